The average Bonchev–Trinajstić information content (AvgIpc) is 2.43. The third kappa shape index (κ3) is 3.91. The molecule has 1 heterocycles. The summed E-state index contributed by atoms with van der Waals surface area (Å²) < 4.78 is 0. The maximum Gasteiger partial charge on any atom is 0.222 e. The number of ketones is 1. The number of piperidine rings is 1. The van der Waals surface area contributed by atoms with Crippen molar-refractivity contribution in [1.29, 1.82) is 0 Å². The Morgan fingerprint density at radius 1 is 1.32 bits per heavy atom. The Morgan fingerprint density at radius 2 is 2.05 bits per heavy atom. The van der Waals surface area contributed by atoms with E-state index in [1.54, 1.807) is 0 Å². The highest BCUT2D eigenvalue weighted by Gasteiger charge is 2.25. The highest BCUT2D eigenvalue weighted by atomic mass is 16.2. The van der Waals surface area contributed by atoms with Gasteiger partial charge in [0.25, 0.3) is 0 Å². The molecule has 1 fully saturated rings. The van der Waals surface area contributed by atoms with Crippen LogP contribution in [0.4, 0.5) is 0 Å². The SMILES string of the molecule is CC1CN(C(=O)CCCc2ccccc2)CCC1=O. The van der Waals surface area contributed by atoms with Crippen LogP contribution in [0.25, 0.3) is 0 Å². The van der Waals surface area contributed by atoms with Crippen molar-refractivity contribution >= 4 is 11.7 Å². The predicted octanol–water partition coefficient (Wildman–Crippen LogP) is 2.45. The van der Waals surface area contributed by atoms with Crippen LogP contribution in [0.2, 0.25) is 0 Å². The van der Waals surface area contributed by atoms with Gasteiger partial charge in [-0.25, -0.2) is 0 Å². The van der Waals surface area contributed by atoms with Gasteiger partial charge in [-0.3, -0.25) is 9.59 Å². The van der Waals surface area contributed by atoms with Crippen molar-refractivity contribution in [3.8, 4) is 0 Å². The fourth-order valence-corrected chi connectivity index (χ4v) is 2.49. The largest absolute Gasteiger partial charge is 0.342 e. The number of benzene rings is 1. The minimum absolute atomic E-state index is 0.00632. The summed E-state index contributed by atoms with van der Waals surface area (Å²) in [5.41, 5.74) is 1.28. The van der Waals surface area contributed by atoms with E-state index < -0.39 is 0 Å². The molecule has 2 rings (SSSR count). The molecule has 0 aromatic heterocycles. The molecular formula is C16H21NO2. The van der Waals surface area contributed by atoms with Crippen LogP contribution >= 0.6 is 0 Å². The first kappa shape index (κ1) is 13.8. The first-order valence-corrected chi connectivity index (χ1v) is 7.01. The lowest BCUT2D eigenvalue weighted by Crippen LogP contribution is -2.43. The number of aryl methyl sites for hydroxylation is 1. The van der Waals surface area contributed by atoms with Crippen LogP contribution in [0.1, 0.15) is 31.7 Å². The monoisotopic (exact) mass is 259 g/mol. The van der Waals surface area contributed by atoms with Gasteiger partial charge in [0.2, 0.25) is 5.91 Å². The molecule has 1 aliphatic heterocycles. The second kappa shape index (κ2) is 6.50. The molecule has 1 saturated heterocycles. The van der Waals surface area contributed by atoms with Crippen LogP contribution in [0.3, 0.4) is 0 Å². The summed E-state index contributed by atoms with van der Waals surface area (Å²) in [6, 6.07) is 10.2. The number of hydrogen-bond donors (Lipinski definition) is 0. The standard InChI is InChI=1S/C16H21NO2/c1-13-12-17(11-10-15(13)18)16(19)9-5-8-14-6-3-2-4-7-14/h2-4,6-7,13H,5,8-12H2,1H3. The van der Waals surface area contributed by atoms with Crippen molar-refractivity contribution in [2.75, 3.05) is 13.1 Å². The van der Waals surface area contributed by atoms with Gasteiger partial charge < -0.3 is 4.90 Å². The molecule has 0 aliphatic carbocycles. The lowest BCUT2D eigenvalue weighted by Gasteiger charge is -2.30. The number of Topliss-reactive ketones (excluding diaryl/α,β-unsaturated/α-hetero) is 1. The zero-order chi connectivity index (χ0) is 13.7. The molecule has 19 heavy (non-hydrogen) atoms. The Balaban J connectivity index is 1.74. The van der Waals surface area contributed by atoms with Gasteiger partial charge in [0.1, 0.15) is 5.78 Å². The van der Waals surface area contributed by atoms with Crippen molar-refractivity contribution < 1.29 is 9.59 Å². The van der Waals surface area contributed by atoms with Crippen molar-refractivity contribution in [2.45, 2.75) is 32.6 Å². The van der Waals surface area contributed by atoms with Crippen molar-refractivity contribution in [3.05, 3.63) is 35.9 Å². The fourth-order valence-electron chi connectivity index (χ4n) is 2.49. The lowest BCUT2D eigenvalue weighted by atomic mass is 9.98. The van der Waals surface area contributed by atoms with E-state index in [9.17, 15) is 9.59 Å². The van der Waals surface area contributed by atoms with Crippen molar-refractivity contribution in [3.63, 3.8) is 0 Å². The van der Waals surface area contributed by atoms with E-state index in [-0.39, 0.29) is 17.6 Å². The fraction of sp³-hybridized carbons (Fsp3) is 0.500. The molecule has 1 aliphatic rings. The molecular weight excluding hydrogens is 238 g/mol. The van der Waals surface area contributed by atoms with E-state index in [0.29, 0.717) is 25.9 Å². The van der Waals surface area contributed by atoms with E-state index in [2.05, 4.69) is 12.1 Å². The number of carbonyl (C=O) groups is 2. The van der Waals surface area contributed by atoms with Crippen LogP contribution < -0.4 is 0 Å². The van der Waals surface area contributed by atoms with Gasteiger partial charge in [-0.15, -0.1) is 0 Å². The molecule has 0 N–H and O–H groups in total. The number of likely N-dealkylation sites (tertiary alicyclic amines) is 1. The summed E-state index contributed by atoms with van der Waals surface area (Å²) in [6.45, 7) is 3.11. The highest BCUT2D eigenvalue weighted by molar-refractivity contribution is 5.85. The van der Waals surface area contributed by atoms with Gasteiger partial charge in [0.15, 0.2) is 0 Å². The summed E-state index contributed by atoms with van der Waals surface area (Å²) in [7, 11) is 0. The number of nitrogens with zero attached hydrogens (tertiary/aromatic N) is 1. The maximum atomic E-state index is 12.1. The Labute approximate surface area is 114 Å². The summed E-state index contributed by atoms with van der Waals surface area (Å²) >= 11 is 0. The van der Waals surface area contributed by atoms with Gasteiger partial charge in [0.05, 0.1) is 0 Å². The molecule has 102 valence electrons. The Kier molecular flexibility index (Phi) is 4.72. The van der Waals surface area contributed by atoms with E-state index >= 15 is 0 Å². The summed E-state index contributed by atoms with van der Waals surface area (Å²) in [4.78, 5) is 25.3. The summed E-state index contributed by atoms with van der Waals surface area (Å²) in [5.74, 6) is 0.482. The molecule has 1 aromatic rings. The van der Waals surface area contributed by atoms with Gasteiger partial charge >= 0.3 is 0 Å². The second-order valence-corrected chi connectivity index (χ2v) is 5.30. The van der Waals surface area contributed by atoms with Crippen LogP contribution in [-0.4, -0.2) is 29.7 Å². The molecule has 3 heteroatoms. The molecule has 1 amide bonds. The Hall–Kier alpha value is -1.64. The summed E-state index contributed by atoms with van der Waals surface area (Å²) in [5, 5.41) is 0. The van der Waals surface area contributed by atoms with Gasteiger partial charge in [0, 0.05) is 31.8 Å². The van der Waals surface area contributed by atoms with Gasteiger partial charge in [-0.05, 0) is 18.4 Å². The van der Waals surface area contributed by atoms with Gasteiger partial charge in [-0.1, -0.05) is 37.3 Å². The number of rotatable bonds is 4. The Bertz CT molecular complexity index is 441. The lowest BCUT2D eigenvalue weighted by molar-refractivity contribution is -0.136. The number of amides is 1. The Morgan fingerprint density at radius 3 is 2.74 bits per heavy atom. The zero-order valence-corrected chi connectivity index (χ0v) is 11.5. The van der Waals surface area contributed by atoms with Crippen LogP contribution in [-0.2, 0) is 16.0 Å². The smallest absolute Gasteiger partial charge is 0.222 e. The van der Waals surface area contributed by atoms with E-state index in [4.69, 9.17) is 0 Å². The quantitative estimate of drug-likeness (QED) is 0.833. The van der Waals surface area contributed by atoms with E-state index in [1.807, 2.05) is 30.0 Å². The maximum absolute atomic E-state index is 12.1. The van der Waals surface area contributed by atoms with Crippen molar-refractivity contribution in [1.82, 2.24) is 4.90 Å². The molecule has 0 radical (unpaired) electrons. The molecule has 1 atom stereocenters. The minimum atomic E-state index is 0.00632. The number of hydrogen-bond acceptors (Lipinski definition) is 2. The third-order valence-electron chi connectivity index (χ3n) is 3.72. The second-order valence-electron chi connectivity index (χ2n) is 5.30. The normalized spacial score (nSPS) is 19.5. The molecule has 0 spiro atoms. The zero-order valence-electron chi connectivity index (χ0n) is 11.5. The topological polar surface area (TPSA) is 37.4 Å². The molecule has 1 aromatic carbocycles. The average molecular weight is 259 g/mol. The molecule has 3 nitrogen and oxygen atoms in total. The predicted molar refractivity (Wildman–Crippen MR) is 74.7 cm³/mol. The first-order chi connectivity index (χ1) is 9.16. The third-order valence-corrected chi connectivity index (χ3v) is 3.72. The minimum Gasteiger partial charge on any atom is -0.342 e. The van der Waals surface area contributed by atoms with E-state index in [0.717, 1.165) is 12.8 Å². The van der Waals surface area contributed by atoms with Crippen LogP contribution in [0, 0.1) is 5.92 Å². The number of carbonyl (C=O) groups excluding carboxylic acids is 2. The van der Waals surface area contributed by atoms with Crippen LogP contribution in [0.5, 0.6) is 0 Å². The molecule has 0 saturated carbocycles. The van der Waals surface area contributed by atoms with Crippen LogP contribution in [0.15, 0.2) is 30.3 Å². The molecule has 0 bridgehead atoms. The first-order valence-electron chi connectivity index (χ1n) is 7.01. The molecule has 1 unspecified atom stereocenters. The van der Waals surface area contributed by atoms with E-state index in [1.165, 1.54) is 5.56 Å². The highest BCUT2D eigenvalue weighted by Crippen LogP contribution is 2.14. The van der Waals surface area contributed by atoms with Crippen molar-refractivity contribution in [2.24, 2.45) is 5.92 Å². The van der Waals surface area contributed by atoms with Gasteiger partial charge in [-0.2, -0.15) is 0 Å². The summed E-state index contributed by atoms with van der Waals surface area (Å²) in [6.07, 6.45) is 2.91.